The predicted octanol–water partition coefficient (Wildman–Crippen LogP) is -0.476. The van der Waals surface area contributed by atoms with Gasteiger partial charge in [-0.25, -0.2) is 0 Å². The van der Waals surface area contributed by atoms with Crippen molar-refractivity contribution >= 4 is 5.78 Å². The number of aliphatic hydroxyl groups is 11. The SMILES string of the molecule is CC1OC(OC2C(OC3COC(OC4CCC5(C)C(CCC6(C)C5CCC57OCC8(CCC(C)(C)CC85)C(=O)CC67C)C4(C)C)C(OC4OC(CO)C(O)C(O)C4O)C3O)OC(CO)C(O)C2O)C(O)C(O)C1O. The number of ketones is 1. The minimum atomic E-state index is -1.88. The van der Waals surface area contributed by atoms with Gasteiger partial charge in [-0.3, -0.25) is 4.79 Å². The second kappa shape index (κ2) is 19.6. The van der Waals surface area contributed by atoms with Gasteiger partial charge in [-0.05, 0) is 98.2 Å². The summed E-state index contributed by atoms with van der Waals surface area (Å²) in [4.78, 5) is 14.7. The Morgan fingerprint density at radius 3 is 1.82 bits per heavy atom. The van der Waals surface area contributed by atoms with Crippen LogP contribution in [0.5, 0.6) is 0 Å². The van der Waals surface area contributed by atoms with Gasteiger partial charge in [0.25, 0.3) is 0 Å². The van der Waals surface area contributed by atoms with Crippen LogP contribution in [-0.2, 0) is 47.4 Å². The first-order chi connectivity index (χ1) is 34.6. The van der Waals surface area contributed by atoms with E-state index in [-0.39, 0.29) is 50.4 Å². The Balaban J connectivity index is 0.902. The first-order valence-electron chi connectivity index (χ1n) is 27.4. The van der Waals surface area contributed by atoms with Crippen molar-refractivity contribution in [3.63, 3.8) is 0 Å². The third kappa shape index (κ3) is 8.32. The number of hydrogen-bond acceptors (Lipinski definition) is 21. The maximum atomic E-state index is 14.7. The lowest BCUT2D eigenvalue weighted by molar-refractivity contribution is -0.394. The van der Waals surface area contributed by atoms with Gasteiger partial charge >= 0.3 is 0 Å². The Morgan fingerprint density at radius 1 is 0.568 bits per heavy atom. The first kappa shape index (κ1) is 56.2. The summed E-state index contributed by atoms with van der Waals surface area (Å²) in [6.07, 6.45) is -22.9. The van der Waals surface area contributed by atoms with Crippen LogP contribution in [0.25, 0.3) is 0 Å². The molecule has 424 valence electrons. The summed E-state index contributed by atoms with van der Waals surface area (Å²) in [7, 11) is 0. The van der Waals surface area contributed by atoms with Crippen molar-refractivity contribution in [3.8, 4) is 0 Å². The highest BCUT2D eigenvalue weighted by atomic mass is 16.8. The van der Waals surface area contributed by atoms with Gasteiger partial charge in [-0.1, -0.05) is 48.5 Å². The minimum absolute atomic E-state index is 0.134. The van der Waals surface area contributed by atoms with E-state index in [0.717, 1.165) is 51.4 Å². The Bertz CT molecular complexity index is 2050. The summed E-state index contributed by atoms with van der Waals surface area (Å²) < 4.78 is 56.3. The molecule has 28 atom stereocenters. The highest BCUT2D eigenvalue weighted by molar-refractivity contribution is 5.88. The van der Waals surface area contributed by atoms with Crippen LogP contribution in [-0.4, -0.2) is 217 Å². The molecule has 28 unspecified atom stereocenters. The number of rotatable bonds is 10. The predicted molar refractivity (Wildman–Crippen MR) is 254 cm³/mol. The van der Waals surface area contributed by atoms with Gasteiger partial charge in [0.15, 0.2) is 25.2 Å². The molecule has 2 bridgehead atoms. The molecule has 10 aliphatic rings. The number of Topliss-reactive ketones (excluding diaryl/α,β-unsaturated/α-hetero) is 1. The molecule has 0 amide bonds. The average molecular weight is 1060 g/mol. The van der Waals surface area contributed by atoms with Crippen LogP contribution in [0.2, 0.25) is 0 Å². The molecule has 11 N–H and O–H groups in total. The maximum Gasteiger partial charge on any atom is 0.187 e. The van der Waals surface area contributed by atoms with Gasteiger partial charge in [0, 0.05) is 17.8 Å². The van der Waals surface area contributed by atoms with Gasteiger partial charge in [-0.2, -0.15) is 0 Å². The molecule has 5 aliphatic carbocycles. The van der Waals surface area contributed by atoms with E-state index in [1.807, 2.05) is 0 Å². The highest BCUT2D eigenvalue weighted by Gasteiger charge is 2.80. The summed E-state index contributed by atoms with van der Waals surface area (Å²) in [5, 5.41) is 119. The van der Waals surface area contributed by atoms with Gasteiger partial charge < -0.3 is 98.8 Å². The highest BCUT2D eigenvalue weighted by Crippen LogP contribution is 2.80. The van der Waals surface area contributed by atoms with Crippen molar-refractivity contribution in [1.29, 1.82) is 0 Å². The molecule has 0 radical (unpaired) electrons. The lowest BCUT2D eigenvalue weighted by Crippen LogP contribution is -2.73. The number of aliphatic hydroxyl groups excluding tert-OH is 11. The zero-order chi connectivity index (χ0) is 53.6. The number of carbonyl (C=O) groups is 1. The fourth-order valence-corrected chi connectivity index (χ4v) is 17.4. The van der Waals surface area contributed by atoms with Crippen molar-refractivity contribution in [1.82, 2.24) is 0 Å². The Labute approximate surface area is 433 Å². The molecule has 74 heavy (non-hydrogen) atoms. The molecule has 5 saturated carbocycles. The molecule has 0 aromatic rings. The number of hydrogen-bond donors (Lipinski definition) is 11. The van der Waals surface area contributed by atoms with E-state index in [0.29, 0.717) is 25.2 Å². The second-order valence-electron chi connectivity index (χ2n) is 26.4. The maximum absolute atomic E-state index is 14.7. The van der Waals surface area contributed by atoms with Crippen molar-refractivity contribution in [2.45, 2.75) is 248 Å². The van der Waals surface area contributed by atoms with Gasteiger partial charge in [0.05, 0.1) is 49.7 Å². The van der Waals surface area contributed by atoms with E-state index >= 15 is 0 Å². The normalized spacial score (nSPS) is 56.9. The summed E-state index contributed by atoms with van der Waals surface area (Å²) in [5.41, 5.74) is -1.82. The second-order valence-corrected chi connectivity index (χ2v) is 26.4. The average Bonchev–Trinajstić information content (AvgIpc) is 3.63. The zero-order valence-electron chi connectivity index (χ0n) is 44.2. The molecule has 10 fully saturated rings. The van der Waals surface area contributed by atoms with Crippen molar-refractivity contribution in [2.24, 2.45) is 50.2 Å². The van der Waals surface area contributed by atoms with Crippen LogP contribution in [0.15, 0.2) is 0 Å². The van der Waals surface area contributed by atoms with Crippen LogP contribution in [0.3, 0.4) is 0 Å². The van der Waals surface area contributed by atoms with E-state index in [9.17, 15) is 61.0 Å². The van der Waals surface area contributed by atoms with E-state index < -0.39 is 148 Å². The topological polar surface area (TPSA) is 323 Å². The standard InChI is InChI=1S/C53H86O21/c1-23-32(57)36(61)39(64)43(68-23)74-42-38(63)34(59)25(20-55)70-46(42)71-26-21-66-45(41(35(26)60)73-44-40(65)37(62)33(58)24(19-54)69-44)72-31-11-12-49(6)27(48(31,4)5)9-13-50(7)28(49)10-14-53-29-17-47(2,3)15-16-52(29,22-67-53)30(56)18-51(50,53)8/h23-29,31-46,54-55,57-65H,9-22H2,1-8H3. The molecule has 21 nitrogen and oxygen atoms in total. The van der Waals surface area contributed by atoms with E-state index in [1.165, 1.54) is 6.92 Å². The van der Waals surface area contributed by atoms with E-state index in [4.69, 9.17) is 42.6 Å². The number of fused-ring (bicyclic) bond motifs is 4. The van der Waals surface area contributed by atoms with Crippen molar-refractivity contribution < 1.29 is 104 Å². The zero-order valence-corrected chi connectivity index (χ0v) is 44.2. The summed E-state index contributed by atoms with van der Waals surface area (Å²) in [6, 6.07) is 0. The van der Waals surface area contributed by atoms with Gasteiger partial charge in [0.2, 0.25) is 0 Å². The molecular formula is C53H86O21. The lowest BCUT2D eigenvalue weighted by Gasteiger charge is -2.74. The van der Waals surface area contributed by atoms with Crippen LogP contribution >= 0.6 is 0 Å². The monoisotopic (exact) mass is 1060 g/mol. The Hall–Kier alpha value is -1.13. The molecule has 5 heterocycles. The van der Waals surface area contributed by atoms with Crippen LogP contribution in [0, 0.1) is 50.2 Å². The summed E-state index contributed by atoms with van der Waals surface area (Å²) in [5.74, 6) is 1.02. The molecule has 0 aromatic carbocycles. The smallest absolute Gasteiger partial charge is 0.187 e. The summed E-state index contributed by atoms with van der Waals surface area (Å²) in [6.45, 7) is 16.3. The largest absolute Gasteiger partial charge is 0.394 e. The molecule has 1 spiro atoms. The summed E-state index contributed by atoms with van der Waals surface area (Å²) >= 11 is 0. The number of carbonyl (C=O) groups excluding carboxylic acids is 1. The first-order valence-corrected chi connectivity index (χ1v) is 27.4. The van der Waals surface area contributed by atoms with E-state index in [1.54, 1.807) is 0 Å². The molecule has 5 saturated heterocycles. The van der Waals surface area contributed by atoms with Crippen LogP contribution in [0.4, 0.5) is 0 Å². The fraction of sp³-hybridized carbons (Fsp3) is 0.981. The van der Waals surface area contributed by atoms with Gasteiger partial charge in [0.1, 0.15) is 91.2 Å². The quantitative estimate of drug-likeness (QED) is 0.123. The fourth-order valence-electron chi connectivity index (χ4n) is 17.4. The van der Waals surface area contributed by atoms with E-state index in [2.05, 4.69) is 48.5 Å². The third-order valence-electron chi connectivity index (χ3n) is 22.0. The molecule has 5 aliphatic heterocycles. The van der Waals surface area contributed by atoms with Crippen molar-refractivity contribution in [3.05, 3.63) is 0 Å². The minimum Gasteiger partial charge on any atom is -0.394 e. The molecular weight excluding hydrogens is 973 g/mol. The molecule has 10 rings (SSSR count). The third-order valence-corrected chi connectivity index (χ3v) is 22.0. The van der Waals surface area contributed by atoms with Crippen LogP contribution in [0.1, 0.15) is 120 Å². The lowest BCUT2D eigenvalue weighted by atomic mass is 9.30. The van der Waals surface area contributed by atoms with Crippen molar-refractivity contribution in [2.75, 3.05) is 26.4 Å². The molecule has 0 aromatic heterocycles. The van der Waals surface area contributed by atoms with Gasteiger partial charge in [-0.15, -0.1) is 0 Å². The van der Waals surface area contributed by atoms with Crippen LogP contribution < -0.4 is 0 Å². The number of ether oxygens (including phenoxy) is 9. The Morgan fingerprint density at radius 2 is 1.16 bits per heavy atom. The molecule has 21 heteroatoms. The Kier molecular flexibility index (Phi) is 14.8.